The van der Waals surface area contributed by atoms with Crippen LogP contribution < -0.4 is 5.01 Å². The first kappa shape index (κ1) is 12.6. The second kappa shape index (κ2) is 3.83. The zero-order valence-electron chi connectivity index (χ0n) is 9.82. The number of hydrogen-bond acceptors (Lipinski definition) is 2. The lowest BCUT2D eigenvalue weighted by Gasteiger charge is -2.17. The highest BCUT2D eigenvalue weighted by molar-refractivity contribution is 6.11. The van der Waals surface area contributed by atoms with Gasteiger partial charge in [0.05, 0.1) is 16.7 Å². The predicted octanol–water partition coefficient (Wildman–Crippen LogP) is 3.06. The number of halogens is 3. The van der Waals surface area contributed by atoms with Crippen LogP contribution in [0.15, 0.2) is 29.4 Å². The van der Waals surface area contributed by atoms with Gasteiger partial charge in [0.25, 0.3) is 5.91 Å². The molecule has 2 rings (SSSR count). The summed E-state index contributed by atoms with van der Waals surface area (Å²) < 4.78 is 37.2. The average Bonchev–Trinajstić information content (AvgIpc) is 2.53. The molecule has 3 nitrogen and oxygen atoms in total. The van der Waals surface area contributed by atoms with E-state index in [1.807, 2.05) is 0 Å². The molecular formula is C12H11F3N2O. The Bertz CT molecular complexity index is 503. The summed E-state index contributed by atoms with van der Waals surface area (Å²) in [6.45, 7) is 3.39. The number of alkyl halides is 3. The third kappa shape index (κ3) is 2.10. The van der Waals surface area contributed by atoms with Crippen LogP contribution in [0.5, 0.6) is 0 Å². The average molecular weight is 256 g/mol. The molecule has 0 unspecified atom stereocenters. The van der Waals surface area contributed by atoms with Crippen molar-refractivity contribution in [3.63, 3.8) is 0 Å². The SMILES string of the molecule is CC1(C)C=NN(c2ccc(C(F)(F)F)cc2)C1=O. The van der Waals surface area contributed by atoms with Crippen LogP contribution in [0.4, 0.5) is 18.9 Å². The predicted molar refractivity (Wildman–Crippen MR) is 61.2 cm³/mol. The summed E-state index contributed by atoms with van der Waals surface area (Å²) in [4.78, 5) is 11.9. The topological polar surface area (TPSA) is 32.7 Å². The fourth-order valence-electron chi connectivity index (χ4n) is 1.56. The van der Waals surface area contributed by atoms with Crippen molar-refractivity contribution in [3.05, 3.63) is 29.8 Å². The van der Waals surface area contributed by atoms with Gasteiger partial charge in [-0.15, -0.1) is 0 Å². The van der Waals surface area contributed by atoms with Crippen LogP contribution in [0.3, 0.4) is 0 Å². The number of nitrogens with zero attached hydrogens (tertiary/aromatic N) is 2. The molecule has 0 N–H and O–H groups in total. The van der Waals surface area contributed by atoms with Gasteiger partial charge in [0.2, 0.25) is 0 Å². The fourth-order valence-corrected chi connectivity index (χ4v) is 1.56. The maximum Gasteiger partial charge on any atom is 0.416 e. The minimum Gasteiger partial charge on any atom is -0.271 e. The van der Waals surface area contributed by atoms with Crippen molar-refractivity contribution in [1.82, 2.24) is 0 Å². The third-order valence-corrected chi connectivity index (χ3v) is 2.68. The van der Waals surface area contributed by atoms with Gasteiger partial charge in [-0.25, -0.2) is 5.01 Å². The van der Waals surface area contributed by atoms with Crippen LogP contribution in [-0.4, -0.2) is 12.1 Å². The molecule has 1 aliphatic rings. The van der Waals surface area contributed by atoms with Gasteiger partial charge in [0.1, 0.15) is 0 Å². The van der Waals surface area contributed by atoms with Gasteiger partial charge in [-0.05, 0) is 38.1 Å². The number of anilines is 1. The molecule has 6 heteroatoms. The van der Waals surface area contributed by atoms with Crippen molar-refractivity contribution in [2.75, 3.05) is 5.01 Å². The minimum atomic E-state index is -4.38. The molecule has 1 aliphatic heterocycles. The van der Waals surface area contributed by atoms with Crippen LogP contribution in [-0.2, 0) is 11.0 Å². The molecule has 0 radical (unpaired) electrons. The van der Waals surface area contributed by atoms with E-state index in [9.17, 15) is 18.0 Å². The van der Waals surface area contributed by atoms with Gasteiger partial charge in [-0.1, -0.05) is 0 Å². The maximum absolute atomic E-state index is 12.4. The molecule has 0 atom stereocenters. The van der Waals surface area contributed by atoms with E-state index < -0.39 is 17.2 Å². The van der Waals surface area contributed by atoms with E-state index in [0.29, 0.717) is 5.69 Å². The second-order valence-electron chi connectivity index (χ2n) is 4.63. The Morgan fingerprint density at radius 3 is 2.11 bits per heavy atom. The molecule has 0 aromatic heterocycles. The van der Waals surface area contributed by atoms with Gasteiger partial charge in [-0.2, -0.15) is 18.3 Å². The molecule has 1 amide bonds. The monoisotopic (exact) mass is 256 g/mol. The van der Waals surface area contributed by atoms with Gasteiger partial charge in [-0.3, -0.25) is 4.79 Å². The Balaban J connectivity index is 2.27. The van der Waals surface area contributed by atoms with Crippen molar-refractivity contribution in [2.24, 2.45) is 10.5 Å². The highest BCUT2D eigenvalue weighted by atomic mass is 19.4. The molecule has 0 saturated carbocycles. The van der Waals surface area contributed by atoms with Crippen LogP contribution >= 0.6 is 0 Å². The summed E-state index contributed by atoms with van der Waals surface area (Å²) in [5.41, 5.74) is -1.14. The largest absolute Gasteiger partial charge is 0.416 e. The highest BCUT2D eigenvalue weighted by Gasteiger charge is 2.37. The molecule has 0 aliphatic carbocycles. The van der Waals surface area contributed by atoms with Gasteiger partial charge >= 0.3 is 6.18 Å². The van der Waals surface area contributed by atoms with Crippen molar-refractivity contribution >= 4 is 17.8 Å². The molecule has 0 bridgehead atoms. The number of hydrazone groups is 1. The highest BCUT2D eigenvalue weighted by Crippen LogP contribution is 2.32. The lowest BCUT2D eigenvalue weighted by molar-refractivity contribution is -0.137. The molecule has 0 spiro atoms. The molecule has 1 aromatic rings. The molecular weight excluding hydrogens is 245 g/mol. The Kier molecular flexibility index (Phi) is 2.68. The van der Waals surface area contributed by atoms with Gasteiger partial charge in [0.15, 0.2) is 0 Å². The standard InChI is InChI=1S/C12H11F3N2O/c1-11(2)7-16-17(10(11)18)9-5-3-8(4-6-9)12(13,14)15/h3-7H,1-2H3. The zero-order chi connectivity index (χ0) is 13.6. The molecule has 0 saturated heterocycles. The first-order valence-electron chi connectivity index (χ1n) is 5.29. The van der Waals surface area contributed by atoms with E-state index in [1.54, 1.807) is 13.8 Å². The summed E-state index contributed by atoms with van der Waals surface area (Å²) in [5, 5.41) is 5.02. The van der Waals surface area contributed by atoms with Gasteiger partial charge < -0.3 is 0 Å². The lowest BCUT2D eigenvalue weighted by Crippen LogP contribution is -2.31. The quantitative estimate of drug-likeness (QED) is 0.760. The van der Waals surface area contributed by atoms with Crippen molar-refractivity contribution in [3.8, 4) is 0 Å². The lowest BCUT2D eigenvalue weighted by atomic mass is 9.95. The summed E-state index contributed by atoms with van der Waals surface area (Å²) >= 11 is 0. The summed E-state index contributed by atoms with van der Waals surface area (Å²) in [5.74, 6) is -0.262. The fraction of sp³-hybridized carbons (Fsp3) is 0.333. The van der Waals surface area contributed by atoms with Gasteiger partial charge in [0, 0.05) is 6.21 Å². The molecule has 18 heavy (non-hydrogen) atoms. The van der Waals surface area contributed by atoms with E-state index in [-0.39, 0.29) is 5.91 Å². The van der Waals surface area contributed by atoms with Crippen LogP contribution in [0, 0.1) is 5.41 Å². The Morgan fingerprint density at radius 2 is 1.72 bits per heavy atom. The Hall–Kier alpha value is -1.85. The van der Waals surface area contributed by atoms with Crippen molar-refractivity contribution in [2.45, 2.75) is 20.0 Å². The van der Waals surface area contributed by atoms with Crippen molar-refractivity contribution < 1.29 is 18.0 Å². The van der Waals surface area contributed by atoms with Crippen LogP contribution in [0.25, 0.3) is 0 Å². The van der Waals surface area contributed by atoms with E-state index in [1.165, 1.54) is 18.3 Å². The zero-order valence-corrected chi connectivity index (χ0v) is 9.82. The number of hydrogen-bond donors (Lipinski definition) is 0. The summed E-state index contributed by atoms with van der Waals surface area (Å²) in [7, 11) is 0. The molecule has 96 valence electrons. The normalized spacial score (nSPS) is 18.5. The Morgan fingerprint density at radius 1 is 1.17 bits per heavy atom. The van der Waals surface area contributed by atoms with Crippen molar-refractivity contribution in [1.29, 1.82) is 0 Å². The minimum absolute atomic E-state index is 0.262. The summed E-state index contributed by atoms with van der Waals surface area (Å²) in [6, 6.07) is 4.34. The number of carbonyl (C=O) groups excluding carboxylic acids is 1. The first-order valence-corrected chi connectivity index (χ1v) is 5.29. The van der Waals surface area contributed by atoms with E-state index in [4.69, 9.17) is 0 Å². The third-order valence-electron chi connectivity index (χ3n) is 2.68. The summed E-state index contributed by atoms with van der Waals surface area (Å²) in [6.07, 6.45) is -2.90. The first-order chi connectivity index (χ1) is 8.22. The number of rotatable bonds is 1. The van der Waals surface area contributed by atoms with E-state index in [2.05, 4.69) is 5.10 Å². The second-order valence-corrected chi connectivity index (χ2v) is 4.63. The smallest absolute Gasteiger partial charge is 0.271 e. The van der Waals surface area contributed by atoms with Crippen LogP contribution in [0.1, 0.15) is 19.4 Å². The molecule has 1 aromatic carbocycles. The molecule has 1 heterocycles. The van der Waals surface area contributed by atoms with E-state index >= 15 is 0 Å². The van der Waals surface area contributed by atoms with Crippen LogP contribution in [0.2, 0.25) is 0 Å². The number of carbonyl (C=O) groups is 1. The molecule has 0 fully saturated rings. The Labute approximate surface area is 102 Å². The number of amides is 1. The van der Waals surface area contributed by atoms with E-state index in [0.717, 1.165) is 17.1 Å². The number of benzene rings is 1. The maximum atomic E-state index is 12.4.